The molecule has 0 aromatic rings. The number of imide groups is 1. The van der Waals surface area contributed by atoms with E-state index in [0.29, 0.717) is 6.54 Å². The van der Waals surface area contributed by atoms with Crippen molar-refractivity contribution in [3.8, 4) is 0 Å². The smallest absolute Gasteiger partial charge is 0.253 e. The predicted molar refractivity (Wildman–Crippen MR) is 64.2 cm³/mol. The van der Waals surface area contributed by atoms with Crippen LogP contribution in [-0.4, -0.2) is 41.8 Å². The molecule has 1 aliphatic heterocycles. The molecule has 6 nitrogen and oxygen atoms in total. The Morgan fingerprint density at radius 1 is 1.33 bits per heavy atom. The van der Waals surface area contributed by atoms with Crippen LogP contribution in [0, 0.1) is 5.92 Å². The van der Waals surface area contributed by atoms with E-state index >= 15 is 0 Å². The van der Waals surface area contributed by atoms with E-state index in [1.807, 2.05) is 0 Å². The first-order chi connectivity index (χ1) is 8.58. The molecule has 0 saturated heterocycles. The van der Waals surface area contributed by atoms with Crippen LogP contribution in [0.5, 0.6) is 0 Å². The van der Waals surface area contributed by atoms with Gasteiger partial charge in [0.15, 0.2) is 0 Å². The summed E-state index contributed by atoms with van der Waals surface area (Å²) in [5.41, 5.74) is 5.74. The molecule has 0 aromatic heterocycles. The fourth-order valence-electron chi connectivity index (χ4n) is 2.34. The van der Waals surface area contributed by atoms with Gasteiger partial charge in [-0.25, -0.2) is 0 Å². The van der Waals surface area contributed by atoms with Gasteiger partial charge in [0.05, 0.1) is 0 Å². The lowest BCUT2D eigenvalue weighted by molar-refractivity contribution is -0.137. The van der Waals surface area contributed by atoms with Gasteiger partial charge in [-0.3, -0.25) is 19.3 Å². The Morgan fingerprint density at radius 2 is 2.00 bits per heavy atom. The van der Waals surface area contributed by atoms with Crippen molar-refractivity contribution in [2.45, 2.75) is 25.3 Å². The Balaban J connectivity index is 1.71. The van der Waals surface area contributed by atoms with Gasteiger partial charge >= 0.3 is 0 Å². The van der Waals surface area contributed by atoms with Crippen LogP contribution in [0.4, 0.5) is 0 Å². The first-order valence-corrected chi connectivity index (χ1v) is 6.15. The maximum absolute atomic E-state index is 11.8. The second-order valence-corrected chi connectivity index (χ2v) is 4.72. The number of amides is 3. The zero-order valence-electron chi connectivity index (χ0n) is 10.1. The molecule has 0 spiro atoms. The molecule has 0 bridgehead atoms. The number of nitrogens with two attached hydrogens (primary N) is 1. The van der Waals surface area contributed by atoms with Gasteiger partial charge in [-0.15, -0.1) is 0 Å². The van der Waals surface area contributed by atoms with Crippen molar-refractivity contribution in [1.29, 1.82) is 0 Å². The van der Waals surface area contributed by atoms with Gasteiger partial charge in [0.1, 0.15) is 0 Å². The average molecular weight is 251 g/mol. The molecule has 98 valence electrons. The van der Waals surface area contributed by atoms with Crippen LogP contribution < -0.4 is 11.1 Å². The molecule has 3 N–H and O–H groups in total. The Bertz CT molecular complexity index is 387. The van der Waals surface area contributed by atoms with Gasteiger partial charge in [-0.05, 0) is 19.3 Å². The highest BCUT2D eigenvalue weighted by Crippen LogP contribution is 2.23. The van der Waals surface area contributed by atoms with E-state index in [-0.39, 0.29) is 36.2 Å². The Hall–Kier alpha value is -1.69. The van der Waals surface area contributed by atoms with Gasteiger partial charge in [-0.2, -0.15) is 0 Å². The zero-order valence-corrected chi connectivity index (χ0v) is 10.1. The third-order valence-corrected chi connectivity index (χ3v) is 3.38. The first kappa shape index (κ1) is 12.8. The second-order valence-electron chi connectivity index (χ2n) is 4.72. The van der Waals surface area contributed by atoms with E-state index in [2.05, 4.69) is 5.32 Å². The molecular formula is C12H17N3O3. The lowest BCUT2D eigenvalue weighted by atomic mass is 10.1. The fourth-order valence-corrected chi connectivity index (χ4v) is 2.34. The normalized spacial score (nSPS) is 27.1. The summed E-state index contributed by atoms with van der Waals surface area (Å²) in [5.74, 6) is -0.701. The van der Waals surface area contributed by atoms with Crippen LogP contribution in [-0.2, 0) is 14.4 Å². The number of carbonyl (C=O) groups is 3. The molecule has 2 aliphatic rings. The molecule has 1 aliphatic carbocycles. The summed E-state index contributed by atoms with van der Waals surface area (Å²) in [5, 5.41) is 2.74. The highest BCUT2D eigenvalue weighted by molar-refractivity contribution is 6.12. The molecule has 6 heteroatoms. The van der Waals surface area contributed by atoms with Crippen LogP contribution in [0.1, 0.15) is 19.3 Å². The highest BCUT2D eigenvalue weighted by Gasteiger charge is 2.28. The summed E-state index contributed by atoms with van der Waals surface area (Å²) in [7, 11) is 0. The molecule has 3 amide bonds. The summed E-state index contributed by atoms with van der Waals surface area (Å²) in [4.78, 5) is 35.4. The SMILES string of the molecule is N[C@@H]1CC[C@H](C(=O)NCCN2C(=O)C=CC2=O)C1. The summed E-state index contributed by atoms with van der Waals surface area (Å²) >= 11 is 0. The minimum atomic E-state index is -0.322. The van der Waals surface area contributed by atoms with Crippen molar-refractivity contribution in [1.82, 2.24) is 10.2 Å². The predicted octanol–water partition coefficient (Wildman–Crippen LogP) is -0.845. The number of nitrogens with one attached hydrogen (secondary N) is 1. The van der Waals surface area contributed by atoms with Crippen molar-refractivity contribution < 1.29 is 14.4 Å². The van der Waals surface area contributed by atoms with E-state index in [1.165, 1.54) is 12.2 Å². The quantitative estimate of drug-likeness (QED) is 0.637. The van der Waals surface area contributed by atoms with Crippen LogP contribution >= 0.6 is 0 Å². The lowest BCUT2D eigenvalue weighted by Crippen LogP contribution is -2.39. The molecular weight excluding hydrogens is 234 g/mol. The summed E-state index contributed by atoms with van der Waals surface area (Å²) in [6.07, 6.45) is 4.89. The second kappa shape index (κ2) is 5.30. The molecule has 1 fully saturated rings. The van der Waals surface area contributed by atoms with E-state index in [1.54, 1.807) is 0 Å². The van der Waals surface area contributed by atoms with Crippen LogP contribution in [0.25, 0.3) is 0 Å². The molecule has 0 aromatic carbocycles. The van der Waals surface area contributed by atoms with E-state index in [9.17, 15) is 14.4 Å². The fraction of sp³-hybridized carbons (Fsp3) is 0.583. The first-order valence-electron chi connectivity index (χ1n) is 6.15. The minimum absolute atomic E-state index is 0.0249. The maximum Gasteiger partial charge on any atom is 0.253 e. The van der Waals surface area contributed by atoms with E-state index < -0.39 is 0 Å². The maximum atomic E-state index is 11.8. The molecule has 0 unspecified atom stereocenters. The van der Waals surface area contributed by atoms with Gasteiger partial charge in [0, 0.05) is 37.2 Å². The van der Waals surface area contributed by atoms with Gasteiger partial charge in [-0.1, -0.05) is 0 Å². The van der Waals surface area contributed by atoms with Gasteiger partial charge in [0.2, 0.25) is 5.91 Å². The number of hydrogen-bond acceptors (Lipinski definition) is 4. The Labute approximate surface area is 105 Å². The van der Waals surface area contributed by atoms with Crippen LogP contribution in [0.3, 0.4) is 0 Å². The number of rotatable bonds is 4. The zero-order chi connectivity index (χ0) is 13.1. The number of hydrogen-bond donors (Lipinski definition) is 2. The Morgan fingerprint density at radius 3 is 2.56 bits per heavy atom. The minimum Gasteiger partial charge on any atom is -0.354 e. The summed E-state index contributed by atoms with van der Waals surface area (Å²) in [6, 6.07) is 0.117. The third-order valence-electron chi connectivity index (χ3n) is 3.38. The van der Waals surface area contributed by atoms with Crippen molar-refractivity contribution in [3.63, 3.8) is 0 Å². The van der Waals surface area contributed by atoms with E-state index in [0.717, 1.165) is 24.2 Å². The summed E-state index contributed by atoms with van der Waals surface area (Å²) < 4.78 is 0. The molecule has 18 heavy (non-hydrogen) atoms. The Kier molecular flexibility index (Phi) is 3.76. The standard InChI is InChI=1S/C12H17N3O3/c13-9-2-1-8(7-9)12(18)14-5-6-15-10(16)3-4-11(15)17/h3-4,8-9H,1-2,5-7,13H2,(H,14,18)/t8-,9+/m0/s1. The molecule has 1 saturated carbocycles. The van der Waals surface area contributed by atoms with Crippen molar-refractivity contribution in [3.05, 3.63) is 12.2 Å². The molecule has 2 rings (SSSR count). The number of nitrogens with zero attached hydrogens (tertiary/aromatic N) is 1. The van der Waals surface area contributed by atoms with Gasteiger partial charge in [0.25, 0.3) is 11.8 Å². The van der Waals surface area contributed by atoms with Crippen LogP contribution in [0.2, 0.25) is 0 Å². The topological polar surface area (TPSA) is 92.5 Å². The van der Waals surface area contributed by atoms with E-state index in [4.69, 9.17) is 5.73 Å². The lowest BCUT2D eigenvalue weighted by Gasteiger charge is -2.15. The van der Waals surface area contributed by atoms with Crippen molar-refractivity contribution in [2.24, 2.45) is 11.7 Å². The average Bonchev–Trinajstić information content (AvgIpc) is 2.89. The van der Waals surface area contributed by atoms with Crippen molar-refractivity contribution >= 4 is 17.7 Å². The largest absolute Gasteiger partial charge is 0.354 e. The molecule has 2 atom stereocenters. The molecule has 0 radical (unpaired) electrons. The van der Waals surface area contributed by atoms with Crippen LogP contribution in [0.15, 0.2) is 12.2 Å². The molecule has 1 heterocycles. The number of carbonyl (C=O) groups excluding carboxylic acids is 3. The monoisotopic (exact) mass is 251 g/mol. The third kappa shape index (κ3) is 2.76. The van der Waals surface area contributed by atoms with Gasteiger partial charge < -0.3 is 11.1 Å². The summed E-state index contributed by atoms with van der Waals surface area (Å²) in [6.45, 7) is 0.513. The van der Waals surface area contributed by atoms with Crippen molar-refractivity contribution in [2.75, 3.05) is 13.1 Å². The highest BCUT2D eigenvalue weighted by atomic mass is 16.2.